The number of methoxy groups -OCH3 is 1. The summed E-state index contributed by atoms with van der Waals surface area (Å²) in [6.07, 6.45) is 2.83. The summed E-state index contributed by atoms with van der Waals surface area (Å²) in [6, 6.07) is 17.4. The van der Waals surface area contributed by atoms with E-state index in [0.717, 1.165) is 5.56 Å². The Morgan fingerprint density at radius 1 is 1.13 bits per heavy atom. The molecule has 0 aliphatic rings. The molecule has 2 aromatic heterocycles. The van der Waals surface area contributed by atoms with Gasteiger partial charge in [0.2, 0.25) is 0 Å². The van der Waals surface area contributed by atoms with Crippen molar-refractivity contribution in [2.75, 3.05) is 7.11 Å². The first-order valence-electron chi connectivity index (χ1n) is 9.14. The summed E-state index contributed by atoms with van der Waals surface area (Å²) in [5.41, 5.74) is 2.45. The van der Waals surface area contributed by atoms with Crippen molar-refractivity contribution >= 4 is 27.7 Å². The molecule has 0 aliphatic carbocycles. The quantitative estimate of drug-likeness (QED) is 0.157. The zero-order valence-electron chi connectivity index (χ0n) is 17.1. The standard InChI is InChI=1S/C19H12NO3.C5H8O2.Pt/c1-22-13-8-9-20-16(11-13)12-6-7-18-15(10-12)19(21)14-4-2-3-5-17(14)23-18;1-4(6)3-5(2)7;/h2-5,7-11H,1H3;3,6H,1-2H3;/q-1;;. The van der Waals surface area contributed by atoms with Gasteiger partial charge < -0.3 is 19.2 Å². The van der Waals surface area contributed by atoms with Crippen LogP contribution in [0.2, 0.25) is 0 Å². The fraction of sp³-hybridized carbons (Fsp3) is 0.125. The number of aliphatic hydroxyl groups is 1. The first-order valence-corrected chi connectivity index (χ1v) is 9.14. The summed E-state index contributed by atoms with van der Waals surface area (Å²) in [6.45, 7) is 2.85. The molecule has 0 saturated heterocycles. The SMILES string of the molecule is CC(=O)C=C(C)O.COc1ccnc(-c2[c-]cc3oc4ccccc4c(=O)c3c2)c1.[Pt]. The van der Waals surface area contributed by atoms with Crippen molar-refractivity contribution in [2.45, 2.75) is 13.8 Å². The fourth-order valence-corrected chi connectivity index (χ4v) is 2.87. The number of ketones is 1. The third kappa shape index (κ3) is 5.89. The first kappa shape index (κ1) is 24.0. The molecule has 2 heterocycles. The van der Waals surface area contributed by atoms with Crippen LogP contribution in [0.1, 0.15) is 13.8 Å². The Kier molecular flexibility index (Phi) is 8.28. The average Bonchev–Trinajstić information content (AvgIpc) is 2.73. The minimum absolute atomic E-state index is 0. The molecule has 31 heavy (non-hydrogen) atoms. The van der Waals surface area contributed by atoms with Crippen LogP contribution in [0.15, 0.2) is 75.8 Å². The van der Waals surface area contributed by atoms with Crippen molar-refractivity contribution in [3.05, 3.63) is 82.9 Å². The van der Waals surface area contributed by atoms with Crippen LogP contribution in [0, 0.1) is 6.07 Å². The molecule has 0 unspecified atom stereocenters. The number of fused-ring (bicyclic) bond motifs is 2. The Balaban J connectivity index is 0.000000373. The van der Waals surface area contributed by atoms with Crippen LogP contribution in [0.3, 0.4) is 0 Å². The monoisotopic (exact) mass is 597 g/mol. The van der Waals surface area contributed by atoms with Gasteiger partial charge in [0.05, 0.1) is 23.8 Å². The number of pyridine rings is 1. The van der Waals surface area contributed by atoms with Crippen LogP contribution in [0.25, 0.3) is 33.2 Å². The largest absolute Gasteiger partial charge is 0.512 e. The van der Waals surface area contributed by atoms with Gasteiger partial charge in [-0.15, -0.1) is 23.8 Å². The van der Waals surface area contributed by atoms with Gasteiger partial charge in [-0.2, -0.15) is 0 Å². The van der Waals surface area contributed by atoms with E-state index in [4.69, 9.17) is 14.3 Å². The predicted octanol–water partition coefficient (Wildman–Crippen LogP) is 4.85. The van der Waals surface area contributed by atoms with Crippen LogP contribution in [0.5, 0.6) is 5.75 Å². The van der Waals surface area contributed by atoms with Gasteiger partial charge >= 0.3 is 0 Å². The average molecular weight is 598 g/mol. The van der Waals surface area contributed by atoms with E-state index in [-0.39, 0.29) is 38.0 Å². The molecule has 162 valence electrons. The van der Waals surface area contributed by atoms with E-state index in [1.165, 1.54) is 19.9 Å². The second-order valence-electron chi connectivity index (χ2n) is 6.53. The predicted molar refractivity (Wildman–Crippen MR) is 116 cm³/mol. The van der Waals surface area contributed by atoms with Crippen LogP contribution in [-0.2, 0) is 25.9 Å². The molecule has 4 aromatic rings. The molecule has 0 amide bonds. The zero-order valence-corrected chi connectivity index (χ0v) is 19.4. The summed E-state index contributed by atoms with van der Waals surface area (Å²) in [5, 5.41) is 9.44. The number of aromatic nitrogens is 1. The van der Waals surface area contributed by atoms with Gasteiger partial charge in [0.25, 0.3) is 0 Å². The molecular formula is C24H20NO5Pt-. The molecule has 4 rings (SSSR count). The number of aliphatic hydroxyl groups excluding tert-OH is 1. The zero-order chi connectivity index (χ0) is 21.7. The van der Waals surface area contributed by atoms with Crippen molar-refractivity contribution in [1.82, 2.24) is 4.98 Å². The number of benzene rings is 2. The van der Waals surface area contributed by atoms with Crippen molar-refractivity contribution in [3.63, 3.8) is 0 Å². The summed E-state index contributed by atoms with van der Waals surface area (Å²) < 4.78 is 11.0. The second kappa shape index (κ2) is 10.7. The normalized spacial score (nSPS) is 10.7. The van der Waals surface area contributed by atoms with Crippen LogP contribution >= 0.6 is 0 Å². The number of ether oxygens (including phenoxy) is 1. The summed E-state index contributed by atoms with van der Waals surface area (Å²) >= 11 is 0. The van der Waals surface area contributed by atoms with Crippen LogP contribution < -0.4 is 10.2 Å². The number of hydrogen-bond donors (Lipinski definition) is 1. The number of hydrogen-bond acceptors (Lipinski definition) is 6. The summed E-state index contributed by atoms with van der Waals surface area (Å²) in [4.78, 5) is 27.0. The molecule has 0 aliphatic heterocycles. The van der Waals surface area contributed by atoms with E-state index in [9.17, 15) is 9.59 Å². The maximum atomic E-state index is 12.7. The van der Waals surface area contributed by atoms with Crippen molar-refractivity contribution in [2.24, 2.45) is 0 Å². The van der Waals surface area contributed by atoms with Gasteiger partial charge in [-0.3, -0.25) is 9.59 Å². The van der Waals surface area contributed by atoms with Crippen LogP contribution in [-0.4, -0.2) is 23.0 Å². The van der Waals surface area contributed by atoms with Gasteiger partial charge in [-0.25, -0.2) is 0 Å². The molecule has 0 bridgehead atoms. The molecule has 7 heteroatoms. The fourth-order valence-electron chi connectivity index (χ4n) is 2.87. The Morgan fingerprint density at radius 2 is 1.87 bits per heavy atom. The first-order chi connectivity index (χ1) is 14.4. The minimum Gasteiger partial charge on any atom is -0.512 e. The second-order valence-corrected chi connectivity index (χ2v) is 6.53. The Morgan fingerprint density at radius 3 is 2.52 bits per heavy atom. The molecule has 2 aromatic carbocycles. The minimum atomic E-state index is -0.125. The maximum absolute atomic E-state index is 12.7. The number of carbonyl (C=O) groups is 1. The van der Waals surface area contributed by atoms with E-state index in [2.05, 4.69) is 11.1 Å². The van der Waals surface area contributed by atoms with Gasteiger partial charge in [0.15, 0.2) is 11.2 Å². The van der Waals surface area contributed by atoms with E-state index >= 15 is 0 Å². The van der Waals surface area contributed by atoms with Crippen molar-refractivity contribution < 1.29 is 40.1 Å². The number of rotatable bonds is 3. The van der Waals surface area contributed by atoms with Crippen molar-refractivity contribution in [3.8, 4) is 17.0 Å². The van der Waals surface area contributed by atoms with Crippen LogP contribution in [0.4, 0.5) is 0 Å². The maximum Gasteiger partial charge on any atom is 0.182 e. The molecule has 0 radical (unpaired) electrons. The number of allylic oxidation sites excluding steroid dienone is 2. The Bertz CT molecular complexity index is 1310. The smallest absolute Gasteiger partial charge is 0.182 e. The molecule has 6 nitrogen and oxygen atoms in total. The Hall–Kier alpha value is -3.24. The number of para-hydroxylation sites is 1. The number of carbonyl (C=O) groups excluding carboxylic acids is 1. The Labute approximate surface area is 193 Å². The third-order valence-corrected chi connectivity index (χ3v) is 4.16. The third-order valence-electron chi connectivity index (χ3n) is 4.16. The molecule has 0 fully saturated rings. The molecule has 0 saturated carbocycles. The van der Waals surface area contributed by atoms with E-state index in [1.807, 2.05) is 12.1 Å². The van der Waals surface area contributed by atoms with Gasteiger partial charge in [0, 0.05) is 33.3 Å². The molecular weight excluding hydrogens is 577 g/mol. The van der Waals surface area contributed by atoms with Gasteiger partial charge in [-0.1, -0.05) is 12.1 Å². The van der Waals surface area contributed by atoms with E-state index < -0.39 is 0 Å². The van der Waals surface area contributed by atoms with E-state index in [0.29, 0.717) is 33.4 Å². The van der Waals surface area contributed by atoms with Crippen molar-refractivity contribution in [1.29, 1.82) is 0 Å². The molecule has 0 atom stereocenters. The summed E-state index contributed by atoms with van der Waals surface area (Å²) in [7, 11) is 1.60. The molecule has 1 N–H and O–H groups in total. The van der Waals surface area contributed by atoms with Gasteiger partial charge in [0.1, 0.15) is 11.3 Å². The molecule has 0 spiro atoms. The summed E-state index contributed by atoms with van der Waals surface area (Å²) in [5.74, 6) is 0.640. The van der Waals surface area contributed by atoms with E-state index in [1.54, 1.807) is 49.7 Å². The van der Waals surface area contributed by atoms with Gasteiger partial charge in [-0.05, 0) is 49.2 Å². The topological polar surface area (TPSA) is 89.6 Å². The number of nitrogens with zero attached hydrogens (tertiary/aromatic N) is 1.